The Morgan fingerprint density at radius 3 is 2.35 bits per heavy atom. The van der Waals surface area contributed by atoms with Gasteiger partial charge in [0.15, 0.2) is 0 Å². The molecule has 1 aliphatic heterocycles. The second-order valence-corrected chi connectivity index (χ2v) is 8.12. The zero-order valence-electron chi connectivity index (χ0n) is 19.8. The van der Waals surface area contributed by atoms with Crippen LogP contribution in [0.5, 0.6) is 11.5 Å². The van der Waals surface area contributed by atoms with Gasteiger partial charge in [-0.2, -0.15) is 0 Å². The van der Waals surface area contributed by atoms with Crippen LogP contribution >= 0.6 is 11.6 Å². The number of alkyl halides is 1. The number of nitrogen functional groups attached to an aromatic ring is 1. The van der Waals surface area contributed by atoms with Gasteiger partial charge in [-0.05, 0) is 49.2 Å². The van der Waals surface area contributed by atoms with Crippen molar-refractivity contribution in [3.8, 4) is 11.5 Å². The van der Waals surface area contributed by atoms with Gasteiger partial charge >= 0.3 is 0 Å². The number of nitrogens with one attached hydrogen (secondary N) is 2. The molecule has 1 saturated heterocycles. The van der Waals surface area contributed by atoms with Gasteiger partial charge in [0.1, 0.15) is 29.5 Å². The summed E-state index contributed by atoms with van der Waals surface area (Å²) in [6.07, 6.45) is 3.41. The fourth-order valence-corrected chi connectivity index (χ4v) is 4.07. The molecule has 0 atom stereocenters. The molecular weight excluding hydrogens is 448 g/mol. The minimum atomic E-state index is 0.268. The van der Waals surface area contributed by atoms with Crippen LogP contribution < -0.4 is 15.8 Å². The highest BCUT2D eigenvalue weighted by molar-refractivity contribution is 6.18. The zero-order valence-corrected chi connectivity index (χ0v) is 20.6. The van der Waals surface area contributed by atoms with Crippen LogP contribution in [0.1, 0.15) is 37.8 Å². The van der Waals surface area contributed by atoms with E-state index in [-0.39, 0.29) is 17.6 Å². The maximum Gasteiger partial charge on any atom is 0.141 e. The smallest absolute Gasteiger partial charge is 0.141 e. The van der Waals surface area contributed by atoms with E-state index in [1.165, 1.54) is 6.33 Å². The Morgan fingerprint density at radius 2 is 1.71 bits per heavy atom. The quantitative estimate of drug-likeness (QED) is 0.294. The summed E-state index contributed by atoms with van der Waals surface area (Å²) in [4.78, 5) is 10.9. The maximum absolute atomic E-state index is 8.78. The van der Waals surface area contributed by atoms with E-state index < -0.39 is 0 Å². The molecule has 0 spiro atoms. The normalized spacial score (nSPS) is 14.1. The molecule has 0 bridgehead atoms. The van der Waals surface area contributed by atoms with E-state index in [2.05, 4.69) is 20.2 Å². The van der Waals surface area contributed by atoms with Gasteiger partial charge in [-0.15, -0.1) is 11.6 Å². The highest BCUT2D eigenvalue weighted by Gasteiger charge is 2.22. The molecule has 34 heavy (non-hydrogen) atoms. The lowest BCUT2D eigenvalue weighted by Crippen LogP contribution is -2.40. The van der Waals surface area contributed by atoms with Crippen molar-refractivity contribution in [2.24, 2.45) is 0 Å². The van der Waals surface area contributed by atoms with E-state index >= 15 is 0 Å². The molecule has 2 aromatic carbocycles. The third-order valence-electron chi connectivity index (χ3n) is 5.58. The molecule has 2 heterocycles. The van der Waals surface area contributed by atoms with E-state index in [1.807, 2.05) is 68.4 Å². The number of aromatic nitrogens is 2. The van der Waals surface area contributed by atoms with Crippen molar-refractivity contribution in [1.29, 1.82) is 5.41 Å². The number of para-hydroxylation sites is 1. The summed E-state index contributed by atoms with van der Waals surface area (Å²) in [5.74, 6) is 3.00. The molecule has 3 aromatic rings. The van der Waals surface area contributed by atoms with E-state index in [0.29, 0.717) is 28.6 Å². The van der Waals surface area contributed by atoms with Gasteiger partial charge in [-0.1, -0.05) is 32.0 Å². The lowest BCUT2D eigenvalue weighted by Gasteiger charge is -2.32. The predicted molar refractivity (Wildman–Crippen MR) is 140 cm³/mol. The van der Waals surface area contributed by atoms with Crippen LogP contribution in [0, 0.1) is 5.41 Å². The molecule has 1 fully saturated rings. The number of piperidine rings is 1. The first-order valence-corrected chi connectivity index (χ1v) is 12.2. The molecule has 1 aromatic heterocycles. The number of halogens is 1. The molecule has 0 amide bonds. The molecule has 0 unspecified atom stereocenters. The van der Waals surface area contributed by atoms with Gasteiger partial charge in [0.25, 0.3) is 0 Å². The van der Waals surface area contributed by atoms with Gasteiger partial charge in [-0.25, -0.2) is 9.97 Å². The summed E-state index contributed by atoms with van der Waals surface area (Å²) in [5.41, 5.74) is 7.69. The largest absolute Gasteiger partial charge is 0.457 e. The van der Waals surface area contributed by atoms with Crippen LogP contribution in [0.15, 0.2) is 60.9 Å². The van der Waals surface area contributed by atoms with Crippen LogP contribution in [0.4, 0.5) is 11.6 Å². The first-order valence-electron chi connectivity index (χ1n) is 11.7. The molecule has 180 valence electrons. The Morgan fingerprint density at radius 1 is 1.06 bits per heavy atom. The summed E-state index contributed by atoms with van der Waals surface area (Å²) < 4.78 is 5.85. The molecule has 4 rings (SSSR count). The van der Waals surface area contributed by atoms with Crippen molar-refractivity contribution in [1.82, 2.24) is 14.9 Å². The van der Waals surface area contributed by atoms with Crippen molar-refractivity contribution in [2.45, 2.75) is 32.7 Å². The third-order valence-corrected chi connectivity index (χ3v) is 5.75. The number of hydrogen-bond donors (Lipinski definition) is 3. The molecule has 7 nitrogen and oxygen atoms in total. The number of nitrogens with two attached hydrogens (primary N) is 1. The number of benzene rings is 2. The Hall–Kier alpha value is -3.16. The highest BCUT2D eigenvalue weighted by atomic mass is 35.5. The summed E-state index contributed by atoms with van der Waals surface area (Å²) in [6, 6.07) is 17.2. The topological polar surface area (TPSA) is 100 Å². The fourth-order valence-electron chi connectivity index (χ4n) is 3.83. The lowest BCUT2D eigenvalue weighted by atomic mass is 10.0. The lowest BCUT2D eigenvalue weighted by molar-refractivity contribution is 0.230. The second-order valence-electron chi connectivity index (χ2n) is 7.75. The Bertz CT molecular complexity index is 1040. The number of ether oxygens (including phenoxy) is 1. The predicted octanol–water partition coefficient (Wildman–Crippen LogP) is 5.41. The van der Waals surface area contributed by atoms with Crippen molar-refractivity contribution in [3.05, 3.63) is 72.1 Å². The molecule has 8 heteroatoms. The van der Waals surface area contributed by atoms with Crippen molar-refractivity contribution in [3.63, 3.8) is 0 Å². The number of hydrogen-bond acceptors (Lipinski definition) is 7. The van der Waals surface area contributed by atoms with Crippen LogP contribution in [0.25, 0.3) is 0 Å². The number of rotatable bonds is 8. The van der Waals surface area contributed by atoms with Crippen LogP contribution in [-0.2, 0) is 0 Å². The molecule has 0 radical (unpaired) electrons. The number of likely N-dealkylation sites (tertiary alicyclic amines) is 1. The van der Waals surface area contributed by atoms with Crippen LogP contribution in [0.2, 0.25) is 0 Å². The van der Waals surface area contributed by atoms with Gasteiger partial charge in [0, 0.05) is 37.1 Å². The zero-order chi connectivity index (χ0) is 24.3. The third kappa shape index (κ3) is 6.68. The van der Waals surface area contributed by atoms with Crippen LogP contribution in [-0.4, -0.2) is 52.1 Å². The first-order chi connectivity index (χ1) is 16.6. The fraction of sp³-hybridized carbons (Fsp3) is 0.346. The summed E-state index contributed by atoms with van der Waals surface area (Å²) in [5, 5.41) is 12.3. The summed E-state index contributed by atoms with van der Waals surface area (Å²) >= 11 is 5.86. The number of nitrogens with zero attached hydrogens (tertiary/aromatic N) is 3. The van der Waals surface area contributed by atoms with E-state index in [1.54, 1.807) is 0 Å². The van der Waals surface area contributed by atoms with Gasteiger partial charge in [0.05, 0.1) is 11.3 Å². The second kappa shape index (κ2) is 12.9. The Kier molecular flexibility index (Phi) is 9.67. The average Bonchev–Trinajstić information content (AvgIpc) is 2.87. The van der Waals surface area contributed by atoms with E-state index in [4.69, 9.17) is 27.5 Å². The van der Waals surface area contributed by atoms with Crippen molar-refractivity contribution < 1.29 is 4.74 Å². The van der Waals surface area contributed by atoms with Gasteiger partial charge in [-0.3, -0.25) is 5.41 Å². The minimum Gasteiger partial charge on any atom is -0.457 e. The standard InChI is InChI=1S/C24H27ClN6O.C2H6/c25-12-15-31-13-10-18(11-14-31)30-24-21(23(27)28-16-29-24)22(26)17-6-8-20(9-7-17)32-19-4-2-1-3-5-19;1-2/h1-9,16,18,26H,10-15H2,(H3,27,28,29,30);1-2H3. The van der Waals surface area contributed by atoms with Crippen molar-refractivity contribution in [2.75, 3.05) is 36.6 Å². The summed E-state index contributed by atoms with van der Waals surface area (Å²) in [7, 11) is 0. The molecular formula is C26H33ClN6O. The molecule has 0 aliphatic carbocycles. The maximum atomic E-state index is 8.78. The van der Waals surface area contributed by atoms with E-state index in [0.717, 1.165) is 38.2 Å². The van der Waals surface area contributed by atoms with Crippen molar-refractivity contribution >= 4 is 28.9 Å². The Labute approximate surface area is 206 Å². The van der Waals surface area contributed by atoms with E-state index in [9.17, 15) is 0 Å². The SMILES string of the molecule is CC.N=C(c1ccc(Oc2ccccc2)cc1)c1c(N)ncnc1NC1CCN(CCCl)CC1. The number of anilines is 2. The monoisotopic (exact) mass is 480 g/mol. The molecule has 4 N–H and O–H groups in total. The average molecular weight is 481 g/mol. The highest BCUT2D eigenvalue weighted by Crippen LogP contribution is 2.26. The molecule has 0 saturated carbocycles. The first kappa shape index (κ1) is 25.5. The van der Waals surface area contributed by atoms with Crippen LogP contribution in [0.3, 0.4) is 0 Å². The van der Waals surface area contributed by atoms with Gasteiger partial charge < -0.3 is 20.7 Å². The van der Waals surface area contributed by atoms with Gasteiger partial charge in [0.2, 0.25) is 0 Å². The minimum absolute atomic E-state index is 0.268. The summed E-state index contributed by atoms with van der Waals surface area (Å²) in [6.45, 7) is 6.88. The Balaban J connectivity index is 0.00000158. The molecule has 1 aliphatic rings.